The highest BCUT2D eigenvalue weighted by Crippen LogP contribution is 2.19. The normalized spacial score (nSPS) is 10.7. The quantitative estimate of drug-likeness (QED) is 0.915. The minimum Gasteiger partial charge on any atom is -0.395 e. The standard InChI is InChI=1S/C15H18N2O2/c1-10-4-5-14-12(8-10)9-13(11(2)16-14)15(19)17(3)6-7-18/h4-5,8-9,18H,6-7H2,1-3H3. The van der Waals surface area contributed by atoms with Crippen LogP contribution in [-0.2, 0) is 0 Å². The molecule has 0 bridgehead atoms. The van der Waals surface area contributed by atoms with E-state index >= 15 is 0 Å². The maximum atomic E-state index is 12.3. The fourth-order valence-electron chi connectivity index (χ4n) is 2.07. The molecule has 2 aromatic rings. The van der Waals surface area contributed by atoms with Gasteiger partial charge in [0, 0.05) is 19.0 Å². The Labute approximate surface area is 112 Å². The highest BCUT2D eigenvalue weighted by molar-refractivity contribution is 5.98. The van der Waals surface area contributed by atoms with Gasteiger partial charge in [-0.25, -0.2) is 0 Å². The first-order valence-corrected chi connectivity index (χ1v) is 6.27. The summed E-state index contributed by atoms with van der Waals surface area (Å²) in [6.45, 7) is 4.13. The van der Waals surface area contributed by atoms with Crippen molar-refractivity contribution in [2.45, 2.75) is 13.8 Å². The third kappa shape index (κ3) is 2.74. The summed E-state index contributed by atoms with van der Waals surface area (Å²) >= 11 is 0. The van der Waals surface area contributed by atoms with Gasteiger partial charge in [0.05, 0.1) is 23.4 Å². The van der Waals surface area contributed by atoms with Crippen molar-refractivity contribution >= 4 is 16.8 Å². The largest absolute Gasteiger partial charge is 0.395 e. The number of nitrogens with zero attached hydrogens (tertiary/aromatic N) is 2. The zero-order chi connectivity index (χ0) is 14.0. The number of benzene rings is 1. The lowest BCUT2D eigenvalue weighted by atomic mass is 10.1. The topological polar surface area (TPSA) is 53.4 Å². The lowest BCUT2D eigenvalue weighted by Gasteiger charge is -2.17. The number of rotatable bonds is 3. The predicted octanol–water partition coefficient (Wildman–Crippen LogP) is 1.92. The van der Waals surface area contributed by atoms with Crippen molar-refractivity contribution in [3.05, 3.63) is 41.1 Å². The molecule has 0 aliphatic heterocycles. The van der Waals surface area contributed by atoms with Crippen molar-refractivity contribution in [3.63, 3.8) is 0 Å². The lowest BCUT2D eigenvalue weighted by molar-refractivity contribution is 0.0766. The fourth-order valence-corrected chi connectivity index (χ4v) is 2.07. The Hall–Kier alpha value is -1.94. The van der Waals surface area contributed by atoms with Gasteiger partial charge in [0.1, 0.15) is 0 Å². The fraction of sp³-hybridized carbons (Fsp3) is 0.333. The van der Waals surface area contributed by atoms with Crippen LogP contribution in [0.4, 0.5) is 0 Å². The number of amides is 1. The van der Waals surface area contributed by atoms with E-state index in [-0.39, 0.29) is 12.5 Å². The number of aliphatic hydroxyl groups excluding tert-OH is 1. The van der Waals surface area contributed by atoms with E-state index in [0.717, 1.165) is 16.5 Å². The number of aliphatic hydroxyl groups is 1. The van der Waals surface area contributed by atoms with Crippen LogP contribution < -0.4 is 0 Å². The Morgan fingerprint density at radius 2 is 2.05 bits per heavy atom. The molecule has 100 valence electrons. The van der Waals surface area contributed by atoms with E-state index in [1.807, 2.05) is 38.1 Å². The molecule has 0 aliphatic carbocycles. The second kappa shape index (κ2) is 5.36. The SMILES string of the molecule is Cc1ccc2nc(C)c(C(=O)N(C)CCO)cc2c1. The molecule has 0 spiro atoms. The van der Waals surface area contributed by atoms with Gasteiger partial charge >= 0.3 is 0 Å². The number of likely N-dealkylation sites (N-methyl/N-ethyl adjacent to an activating group) is 1. The van der Waals surface area contributed by atoms with Crippen molar-refractivity contribution in [2.75, 3.05) is 20.2 Å². The lowest BCUT2D eigenvalue weighted by Crippen LogP contribution is -2.30. The monoisotopic (exact) mass is 258 g/mol. The Bertz CT molecular complexity index is 623. The van der Waals surface area contributed by atoms with Gasteiger partial charge in [0.2, 0.25) is 0 Å². The van der Waals surface area contributed by atoms with E-state index in [1.54, 1.807) is 7.05 Å². The number of aryl methyl sites for hydroxylation is 2. The van der Waals surface area contributed by atoms with Crippen molar-refractivity contribution < 1.29 is 9.90 Å². The average Bonchev–Trinajstić information content (AvgIpc) is 2.38. The molecule has 0 unspecified atom stereocenters. The predicted molar refractivity (Wildman–Crippen MR) is 75.3 cm³/mol. The summed E-state index contributed by atoms with van der Waals surface area (Å²) in [4.78, 5) is 18.2. The summed E-state index contributed by atoms with van der Waals surface area (Å²) < 4.78 is 0. The smallest absolute Gasteiger partial charge is 0.255 e. The minimum absolute atomic E-state index is 0.0403. The third-order valence-electron chi connectivity index (χ3n) is 3.17. The van der Waals surface area contributed by atoms with Crippen LogP contribution in [0.2, 0.25) is 0 Å². The van der Waals surface area contributed by atoms with Crippen molar-refractivity contribution in [3.8, 4) is 0 Å². The molecule has 0 atom stereocenters. The van der Waals surface area contributed by atoms with E-state index in [1.165, 1.54) is 4.90 Å². The third-order valence-corrected chi connectivity index (χ3v) is 3.17. The number of hydrogen-bond acceptors (Lipinski definition) is 3. The molecule has 1 heterocycles. The van der Waals surface area contributed by atoms with Crippen molar-refractivity contribution in [1.29, 1.82) is 0 Å². The Morgan fingerprint density at radius 1 is 1.32 bits per heavy atom. The molecule has 0 saturated heterocycles. The molecule has 0 fully saturated rings. The molecule has 2 rings (SSSR count). The summed E-state index contributed by atoms with van der Waals surface area (Å²) in [6, 6.07) is 7.86. The van der Waals surface area contributed by atoms with E-state index in [4.69, 9.17) is 5.11 Å². The number of pyridine rings is 1. The van der Waals surface area contributed by atoms with Gasteiger partial charge in [-0.1, -0.05) is 11.6 Å². The molecular formula is C15H18N2O2. The Balaban J connectivity index is 2.48. The number of fused-ring (bicyclic) bond motifs is 1. The summed E-state index contributed by atoms with van der Waals surface area (Å²) in [7, 11) is 1.68. The summed E-state index contributed by atoms with van der Waals surface area (Å²) in [5, 5.41) is 9.86. The summed E-state index contributed by atoms with van der Waals surface area (Å²) in [5.74, 6) is -0.109. The number of carbonyl (C=O) groups excluding carboxylic acids is 1. The molecule has 1 N–H and O–H groups in total. The van der Waals surface area contributed by atoms with Crippen molar-refractivity contribution in [2.24, 2.45) is 0 Å². The summed E-state index contributed by atoms with van der Waals surface area (Å²) in [6.07, 6.45) is 0. The molecule has 0 aliphatic rings. The van der Waals surface area contributed by atoms with Gasteiger partial charge < -0.3 is 10.0 Å². The highest BCUT2D eigenvalue weighted by Gasteiger charge is 2.15. The number of carbonyl (C=O) groups is 1. The van der Waals surface area contributed by atoms with Crippen LogP contribution in [0.15, 0.2) is 24.3 Å². The molecule has 1 aromatic heterocycles. The van der Waals surface area contributed by atoms with E-state index in [0.29, 0.717) is 17.8 Å². The van der Waals surface area contributed by atoms with Gasteiger partial charge in [-0.2, -0.15) is 0 Å². The second-order valence-corrected chi connectivity index (χ2v) is 4.77. The van der Waals surface area contributed by atoms with Gasteiger partial charge in [-0.3, -0.25) is 9.78 Å². The molecule has 1 aromatic carbocycles. The zero-order valence-electron chi connectivity index (χ0n) is 11.5. The van der Waals surface area contributed by atoms with Crippen LogP contribution >= 0.6 is 0 Å². The average molecular weight is 258 g/mol. The van der Waals surface area contributed by atoms with E-state index in [2.05, 4.69) is 4.98 Å². The second-order valence-electron chi connectivity index (χ2n) is 4.77. The maximum Gasteiger partial charge on any atom is 0.255 e. The maximum absolute atomic E-state index is 12.3. The molecule has 0 radical (unpaired) electrons. The first-order valence-electron chi connectivity index (χ1n) is 6.27. The van der Waals surface area contributed by atoms with Crippen LogP contribution in [0.25, 0.3) is 10.9 Å². The van der Waals surface area contributed by atoms with Gasteiger partial charge in [0.15, 0.2) is 0 Å². The van der Waals surface area contributed by atoms with Gasteiger partial charge in [0.25, 0.3) is 5.91 Å². The minimum atomic E-state index is -0.109. The van der Waals surface area contributed by atoms with Crippen LogP contribution in [0.5, 0.6) is 0 Å². The molecule has 1 amide bonds. The van der Waals surface area contributed by atoms with Crippen LogP contribution in [-0.4, -0.2) is 41.1 Å². The Kier molecular flexibility index (Phi) is 3.81. The molecule has 4 heteroatoms. The first kappa shape index (κ1) is 13.5. The van der Waals surface area contributed by atoms with Crippen molar-refractivity contribution in [1.82, 2.24) is 9.88 Å². The van der Waals surface area contributed by atoms with Gasteiger partial charge in [-0.15, -0.1) is 0 Å². The number of aromatic nitrogens is 1. The van der Waals surface area contributed by atoms with Gasteiger partial charge in [-0.05, 0) is 32.0 Å². The zero-order valence-corrected chi connectivity index (χ0v) is 11.5. The van der Waals surface area contributed by atoms with Crippen LogP contribution in [0, 0.1) is 13.8 Å². The van der Waals surface area contributed by atoms with E-state index in [9.17, 15) is 4.79 Å². The molecule has 0 saturated carbocycles. The summed E-state index contributed by atoms with van der Waals surface area (Å²) in [5.41, 5.74) is 3.34. The van der Waals surface area contributed by atoms with Crippen LogP contribution in [0.3, 0.4) is 0 Å². The highest BCUT2D eigenvalue weighted by atomic mass is 16.3. The molecule has 4 nitrogen and oxygen atoms in total. The van der Waals surface area contributed by atoms with Crippen LogP contribution in [0.1, 0.15) is 21.6 Å². The Morgan fingerprint density at radius 3 is 2.74 bits per heavy atom. The molecule has 19 heavy (non-hydrogen) atoms. The van der Waals surface area contributed by atoms with E-state index < -0.39 is 0 Å². The first-order chi connectivity index (χ1) is 9.02. The number of hydrogen-bond donors (Lipinski definition) is 1. The molecular weight excluding hydrogens is 240 g/mol.